The van der Waals surface area contributed by atoms with Gasteiger partial charge in [-0.25, -0.2) is 4.68 Å². The fraction of sp³-hybridized carbons (Fsp3) is 0.200. The van der Waals surface area contributed by atoms with Gasteiger partial charge in [0.05, 0.1) is 5.69 Å². The molecule has 0 fully saturated rings. The van der Waals surface area contributed by atoms with Gasteiger partial charge in [-0.15, -0.1) is 10.2 Å². The van der Waals surface area contributed by atoms with Crippen molar-refractivity contribution in [3.05, 3.63) is 58.5 Å². The first kappa shape index (κ1) is 19.0. The molecule has 7 nitrogen and oxygen atoms in total. The van der Waals surface area contributed by atoms with E-state index < -0.39 is 23.7 Å². The van der Waals surface area contributed by atoms with E-state index >= 15 is 0 Å². The van der Waals surface area contributed by atoms with E-state index in [0.29, 0.717) is 11.3 Å². The Bertz CT molecular complexity index is 986. The molecule has 12 heteroatoms. The number of rotatable bonds is 6. The number of halogens is 4. The van der Waals surface area contributed by atoms with Crippen LogP contribution in [0.25, 0.3) is 11.3 Å². The van der Waals surface area contributed by atoms with Crippen LogP contribution in [0.3, 0.4) is 0 Å². The third-order valence-corrected chi connectivity index (χ3v) is 3.53. The first-order chi connectivity index (χ1) is 12.7. The molecule has 2 heterocycles. The van der Waals surface area contributed by atoms with Crippen molar-refractivity contribution < 1.29 is 26.7 Å². The zero-order chi connectivity index (χ0) is 19.6. The van der Waals surface area contributed by atoms with Crippen molar-refractivity contribution in [2.24, 2.45) is 0 Å². The van der Waals surface area contributed by atoms with E-state index in [2.05, 4.69) is 20.0 Å². The maximum Gasteiger partial charge on any atom is 0.387 e. The van der Waals surface area contributed by atoms with Crippen LogP contribution in [0, 0.1) is 0 Å². The van der Waals surface area contributed by atoms with Crippen LogP contribution in [0.4, 0.5) is 17.6 Å². The highest BCUT2D eigenvalue weighted by molar-refractivity contribution is 7.17. The summed E-state index contributed by atoms with van der Waals surface area (Å²) in [6.45, 7) is -3.25. The topological polar surface area (TPSA) is 83.0 Å². The maximum atomic E-state index is 13.1. The molecule has 0 radical (unpaired) electrons. The largest absolute Gasteiger partial charge is 0.435 e. The fourth-order valence-electron chi connectivity index (χ4n) is 2.10. The van der Waals surface area contributed by atoms with E-state index in [-0.39, 0.29) is 18.2 Å². The van der Waals surface area contributed by atoms with Gasteiger partial charge in [-0.2, -0.15) is 22.7 Å². The molecule has 0 saturated carbocycles. The van der Waals surface area contributed by atoms with E-state index in [4.69, 9.17) is 4.42 Å². The summed E-state index contributed by atoms with van der Waals surface area (Å²) in [5, 5.41) is 10.8. The summed E-state index contributed by atoms with van der Waals surface area (Å²) in [5.74, 6) is -1.15. The number of aromatic nitrogens is 4. The van der Waals surface area contributed by atoms with Crippen LogP contribution < -0.4 is 10.3 Å². The summed E-state index contributed by atoms with van der Waals surface area (Å²) >= 11 is 0. The van der Waals surface area contributed by atoms with Crippen LogP contribution in [0.5, 0.6) is 5.75 Å². The molecule has 0 aliphatic rings. The minimum absolute atomic E-state index is 0.0289. The average Bonchev–Trinajstić information content (AvgIpc) is 3.06. The van der Waals surface area contributed by atoms with Crippen LogP contribution in [0.1, 0.15) is 11.8 Å². The second kappa shape index (κ2) is 7.43. The molecule has 0 bridgehead atoms. The number of hydrogen-bond donors (Lipinski definition) is 0. The molecule has 0 aliphatic carbocycles. The maximum absolute atomic E-state index is 13.1. The third-order valence-electron chi connectivity index (χ3n) is 3.28. The highest BCUT2D eigenvalue weighted by Gasteiger charge is 2.32. The lowest BCUT2D eigenvalue weighted by atomic mass is 10.1. The van der Waals surface area contributed by atoms with Crippen LogP contribution in [-0.4, -0.2) is 26.6 Å². The Morgan fingerprint density at radius 3 is 2.44 bits per heavy atom. The first-order valence-electron chi connectivity index (χ1n) is 7.35. The standard InChI is InChI=1S/C15H11F4N4O3P/c16-14(17)25-9-3-1-8(2-4-9)10-5-6-12(24)23(22-10)7-11-20-21-13(26-11)15(18,19)27/h1-6,14H,7,27H2. The lowest BCUT2D eigenvalue weighted by Crippen LogP contribution is -2.23. The predicted octanol–water partition coefficient (Wildman–Crippen LogP) is 2.87. The van der Waals surface area contributed by atoms with E-state index in [1.54, 1.807) is 0 Å². The fourth-order valence-corrected chi connectivity index (χ4v) is 2.22. The molecule has 0 aliphatic heterocycles. The lowest BCUT2D eigenvalue weighted by molar-refractivity contribution is -0.0498. The van der Waals surface area contributed by atoms with Crippen molar-refractivity contribution in [3.63, 3.8) is 0 Å². The molecular weight excluding hydrogens is 391 g/mol. The summed E-state index contributed by atoms with van der Waals surface area (Å²) < 4.78 is 60.6. The van der Waals surface area contributed by atoms with E-state index in [0.717, 1.165) is 4.68 Å². The molecule has 3 aromatic rings. The Morgan fingerprint density at radius 2 is 1.85 bits per heavy atom. The molecular formula is C15H11F4N4O3P. The molecule has 3 rings (SSSR count). The Hall–Kier alpha value is -2.81. The zero-order valence-electron chi connectivity index (χ0n) is 13.4. The molecule has 27 heavy (non-hydrogen) atoms. The number of hydrogen-bond acceptors (Lipinski definition) is 6. The molecule has 2 aromatic heterocycles. The Morgan fingerprint density at radius 1 is 1.15 bits per heavy atom. The monoisotopic (exact) mass is 402 g/mol. The second-order valence-electron chi connectivity index (χ2n) is 5.24. The normalized spacial score (nSPS) is 11.8. The van der Waals surface area contributed by atoms with Gasteiger partial charge in [0.1, 0.15) is 12.3 Å². The SMILES string of the molecule is O=c1ccc(-c2ccc(OC(F)F)cc2)nn1Cc1nnc(C(F)(F)P)o1. The van der Waals surface area contributed by atoms with Crippen LogP contribution >= 0.6 is 9.24 Å². The van der Waals surface area contributed by atoms with E-state index in [1.165, 1.54) is 45.6 Å². The molecule has 0 spiro atoms. The van der Waals surface area contributed by atoms with Gasteiger partial charge in [-0.1, -0.05) is 9.24 Å². The number of benzene rings is 1. The highest BCUT2D eigenvalue weighted by atomic mass is 31.0. The van der Waals surface area contributed by atoms with Crippen molar-refractivity contribution in [2.75, 3.05) is 0 Å². The molecule has 1 unspecified atom stereocenters. The van der Waals surface area contributed by atoms with Crippen molar-refractivity contribution in [2.45, 2.75) is 18.8 Å². The van der Waals surface area contributed by atoms with Crippen molar-refractivity contribution >= 4 is 9.24 Å². The van der Waals surface area contributed by atoms with Crippen LogP contribution in [-0.2, 0) is 12.2 Å². The molecule has 142 valence electrons. The van der Waals surface area contributed by atoms with E-state index in [1.807, 2.05) is 0 Å². The Kier molecular flexibility index (Phi) is 5.22. The van der Waals surface area contributed by atoms with Crippen LogP contribution in [0.2, 0.25) is 0 Å². The molecule has 0 amide bonds. The third kappa shape index (κ3) is 4.68. The smallest absolute Gasteiger partial charge is 0.387 e. The van der Waals surface area contributed by atoms with Gasteiger partial charge in [0.25, 0.3) is 11.4 Å². The molecule has 0 saturated heterocycles. The summed E-state index contributed by atoms with van der Waals surface area (Å²) in [4.78, 5) is 11.9. The average molecular weight is 402 g/mol. The lowest BCUT2D eigenvalue weighted by Gasteiger charge is -2.07. The van der Waals surface area contributed by atoms with Crippen molar-refractivity contribution in [1.29, 1.82) is 0 Å². The number of nitrogens with zero attached hydrogens (tertiary/aromatic N) is 4. The highest BCUT2D eigenvalue weighted by Crippen LogP contribution is 2.33. The van der Waals surface area contributed by atoms with Gasteiger partial charge >= 0.3 is 12.3 Å². The van der Waals surface area contributed by atoms with E-state index in [9.17, 15) is 22.4 Å². The second-order valence-corrected chi connectivity index (χ2v) is 5.97. The van der Waals surface area contributed by atoms with Gasteiger partial charge in [0.2, 0.25) is 5.89 Å². The Labute approximate surface area is 151 Å². The van der Waals surface area contributed by atoms with Crippen LogP contribution in [0.15, 0.2) is 45.6 Å². The van der Waals surface area contributed by atoms with Gasteiger partial charge < -0.3 is 9.15 Å². The Balaban J connectivity index is 1.84. The molecule has 1 atom stereocenters. The van der Waals surface area contributed by atoms with Gasteiger partial charge in [-0.3, -0.25) is 4.79 Å². The van der Waals surface area contributed by atoms with Gasteiger partial charge in [0.15, 0.2) is 0 Å². The summed E-state index contributed by atoms with van der Waals surface area (Å²) in [7, 11) is 1.27. The summed E-state index contributed by atoms with van der Waals surface area (Å²) in [6, 6.07) is 8.25. The van der Waals surface area contributed by atoms with Gasteiger partial charge in [0, 0.05) is 11.6 Å². The molecule has 0 N–H and O–H groups in total. The minimum Gasteiger partial charge on any atom is -0.435 e. The number of ether oxygens (including phenoxy) is 1. The summed E-state index contributed by atoms with van der Waals surface area (Å²) in [6.07, 6.45) is 0. The summed E-state index contributed by atoms with van der Waals surface area (Å²) in [5.41, 5.74) is -3.04. The van der Waals surface area contributed by atoms with Crippen molar-refractivity contribution in [3.8, 4) is 17.0 Å². The quantitative estimate of drug-likeness (QED) is 0.466. The minimum atomic E-state index is -3.38. The van der Waals surface area contributed by atoms with Crippen molar-refractivity contribution in [1.82, 2.24) is 20.0 Å². The molecule has 1 aromatic carbocycles. The zero-order valence-corrected chi connectivity index (χ0v) is 14.5. The first-order valence-corrected chi connectivity index (χ1v) is 7.93. The number of alkyl halides is 4. The van der Waals surface area contributed by atoms with Gasteiger partial charge in [-0.05, 0) is 30.3 Å². The predicted molar refractivity (Wildman–Crippen MR) is 87.6 cm³/mol.